The first-order chi connectivity index (χ1) is 4.46. The summed E-state index contributed by atoms with van der Waals surface area (Å²) in [5.41, 5.74) is 0.380. The van der Waals surface area contributed by atoms with E-state index in [0.717, 1.165) is 0 Å². The Morgan fingerprint density at radius 2 is 2.00 bits per heavy atom. The number of carbonyl (C=O) groups is 1. The Morgan fingerprint density at radius 3 is 2.09 bits per heavy atom. The molecule has 0 aliphatic heterocycles. The molecule has 0 N–H and O–H groups in total. The normalized spacial score (nSPS) is 11.1. The average Bonchev–Trinajstić information content (AvgIpc) is 1.84. The Labute approximate surface area is 114 Å². The zero-order chi connectivity index (χ0) is 8.31. The molecule has 0 aliphatic carbocycles. The molecule has 4 heteroatoms. The number of rotatable bonds is 3. The molecule has 0 spiro atoms. The van der Waals surface area contributed by atoms with Crippen molar-refractivity contribution in [2.45, 2.75) is 13.8 Å². The summed E-state index contributed by atoms with van der Waals surface area (Å²) in [5, 5.41) is 9.92. The van der Waals surface area contributed by atoms with Gasteiger partial charge in [-0.15, -0.1) is 12.2 Å². The minimum Gasteiger partial charge on any atom is -0.867 e. The van der Waals surface area contributed by atoms with Gasteiger partial charge in [0, 0.05) is 5.92 Å². The number of thiocarbonyl (C=S) groups is 1. The molecule has 56 valence electrons. The summed E-state index contributed by atoms with van der Waals surface area (Å²) < 4.78 is 0. The maximum Gasteiger partial charge on any atom is 1.00 e. The monoisotopic (exact) mass is 196 g/mol. The quantitative estimate of drug-likeness (QED) is 0.284. The van der Waals surface area contributed by atoms with Crippen LogP contribution in [0.5, 0.6) is 0 Å². The van der Waals surface area contributed by atoms with E-state index in [4.69, 9.17) is 0 Å². The van der Waals surface area contributed by atoms with Crippen LogP contribution in [0.15, 0.2) is 12.2 Å². The first-order valence-electron chi connectivity index (χ1n) is 2.87. The zero-order valence-corrected chi connectivity index (χ0v) is 10.9. The molecule has 0 saturated carbocycles. The average molecular weight is 196 g/mol. The van der Waals surface area contributed by atoms with E-state index in [1.165, 1.54) is 6.92 Å². The fourth-order valence-corrected chi connectivity index (χ4v) is 0.584. The molecular formula is C7H9KO2S. The predicted octanol–water partition coefficient (Wildman–Crippen LogP) is -2.54. The van der Waals surface area contributed by atoms with Crippen molar-refractivity contribution < 1.29 is 61.3 Å². The summed E-state index contributed by atoms with van der Waals surface area (Å²) in [7, 11) is 0. The number of hydrogen-bond acceptors (Lipinski definition) is 3. The van der Waals surface area contributed by atoms with E-state index in [-0.39, 0.29) is 57.2 Å². The number of hydrogen-bond donors (Lipinski definition) is 0. The van der Waals surface area contributed by atoms with Gasteiger partial charge in [0.1, 0.15) is 0 Å². The van der Waals surface area contributed by atoms with Crippen LogP contribution in [0.1, 0.15) is 13.8 Å². The van der Waals surface area contributed by atoms with Crippen molar-refractivity contribution in [2.75, 3.05) is 0 Å². The van der Waals surface area contributed by atoms with Gasteiger partial charge in [-0.1, -0.05) is 18.6 Å². The molecule has 1 atom stereocenters. The fourth-order valence-electron chi connectivity index (χ4n) is 0.477. The Bertz CT molecular complexity index is 189. The summed E-state index contributed by atoms with van der Waals surface area (Å²) in [6.07, 6.45) is 0. The standard InChI is InChI=1S/C7H10O2S.K/c1-4(2)6(8)5(3)7(9)10;/h5H,1H2,2-3H3,(H,9,10);/q;+1/p-1. The van der Waals surface area contributed by atoms with E-state index >= 15 is 0 Å². The molecule has 0 bridgehead atoms. The van der Waals surface area contributed by atoms with Gasteiger partial charge >= 0.3 is 51.4 Å². The van der Waals surface area contributed by atoms with E-state index in [0.29, 0.717) is 5.57 Å². The Balaban J connectivity index is 0. The van der Waals surface area contributed by atoms with Crippen molar-refractivity contribution in [3.63, 3.8) is 0 Å². The Morgan fingerprint density at radius 1 is 1.64 bits per heavy atom. The van der Waals surface area contributed by atoms with Gasteiger partial charge in [-0.25, -0.2) is 0 Å². The van der Waals surface area contributed by atoms with Crippen LogP contribution in [0.2, 0.25) is 0 Å². The van der Waals surface area contributed by atoms with Gasteiger partial charge in [-0.05, 0) is 12.5 Å². The molecule has 0 aliphatic rings. The first kappa shape index (κ1) is 14.5. The first-order valence-corrected chi connectivity index (χ1v) is 3.28. The van der Waals surface area contributed by atoms with Gasteiger partial charge in [-0.2, -0.15) is 0 Å². The van der Waals surface area contributed by atoms with Crippen LogP contribution >= 0.6 is 12.2 Å². The van der Waals surface area contributed by atoms with E-state index in [9.17, 15) is 9.90 Å². The van der Waals surface area contributed by atoms with Gasteiger partial charge in [0.2, 0.25) is 0 Å². The number of ketones is 1. The molecule has 0 aromatic rings. The third-order valence-corrected chi connectivity index (χ3v) is 1.52. The van der Waals surface area contributed by atoms with E-state index < -0.39 is 11.0 Å². The molecule has 1 unspecified atom stereocenters. The minimum absolute atomic E-state index is 0. The Kier molecular flexibility index (Phi) is 8.48. The molecule has 11 heavy (non-hydrogen) atoms. The second-order valence-corrected chi connectivity index (χ2v) is 2.59. The van der Waals surface area contributed by atoms with Gasteiger partial charge in [-0.3, -0.25) is 4.79 Å². The molecular weight excluding hydrogens is 187 g/mol. The summed E-state index contributed by atoms with van der Waals surface area (Å²) in [4.78, 5) is 10.9. The second kappa shape index (κ2) is 6.45. The van der Waals surface area contributed by atoms with Gasteiger partial charge in [0.25, 0.3) is 0 Å². The van der Waals surface area contributed by atoms with Gasteiger partial charge in [0.15, 0.2) is 5.78 Å². The molecule has 0 aromatic carbocycles. The molecule has 0 fully saturated rings. The minimum atomic E-state index is -0.701. The Hall–Kier alpha value is 0.936. The van der Waals surface area contributed by atoms with Crippen molar-refractivity contribution in [3.8, 4) is 0 Å². The molecule has 0 amide bonds. The topological polar surface area (TPSA) is 40.1 Å². The molecule has 0 heterocycles. The van der Waals surface area contributed by atoms with Gasteiger partial charge in [0.05, 0.1) is 0 Å². The van der Waals surface area contributed by atoms with Gasteiger partial charge < -0.3 is 5.11 Å². The maximum absolute atomic E-state index is 10.9. The molecule has 2 nitrogen and oxygen atoms in total. The van der Waals surface area contributed by atoms with Crippen LogP contribution in [0, 0.1) is 5.92 Å². The smallest absolute Gasteiger partial charge is 0.867 e. The van der Waals surface area contributed by atoms with Crippen LogP contribution in [0.25, 0.3) is 0 Å². The van der Waals surface area contributed by atoms with Crippen molar-refractivity contribution in [2.24, 2.45) is 5.92 Å². The van der Waals surface area contributed by atoms with Crippen molar-refractivity contribution in [1.82, 2.24) is 0 Å². The molecule has 0 radical (unpaired) electrons. The number of Topliss-reactive ketones (excluding diaryl/α,β-unsaturated/α-hetero) is 1. The van der Waals surface area contributed by atoms with Crippen LogP contribution in [-0.2, 0) is 4.79 Å². The van der Waals surface area contributed by atoms with Crippen LogP contribution < -0.4 is 56.5 Å². The zero-order valence-electron chi connectivity index (χ0n) is 7.01. The summed E-state index contributed by atoms with van der Waals surface area (Å²) >= 11 is 4.30. The van der Waals surface area contributed by atoms with Crippen molar-refractivity contribution in [3.05, 3.63) is 12.2 Å². The summed E-state index contributed by atoms with van der Waals surface area (Å²) in [6, 6.07) is 0. The maximum atomic E-state index is 10.9. The van der Waals surface area contributed by atoms with Crippen molar-refractivity contribution >= 4 is 23.1 Å². The van der Waals surface area contributed by atoms with E-state index in [2.05, 4.69) is 18.8 Å². The van der Waals surface area contributed by atoms with E-state index in [1.54, 1.807) is 6.92 Å². The molecule has 0 rings (SSSR count). The largest absolute Gasteiger partial charge is 1.00 e. The number of allylic oxidation sites excluding steroid dienone is 1. The van der Waals surface area contributed by atoms with E-state index in [1.807, 2.05) is 0 Å². The van der Waals surface area contributed by atoms with Crippen molar-refractivity contribution in [1.29, 1.82) is 0 Å². The van der Waals surface area contributed by atoms with Crippen LogP contribution in [0.3, 0.4) is 0 Å². The third-order valence-electron chi connectivity index (χ3n) is 1.17. The predicted molar refractivity (Wildman–Crippen MR) is 41.6 cm³/mol. The number of carbonyl (C=O) groups excluding carboxylic acids is 1. The van der Waals surface area contributed by atoms with Crippen LogP contribution in [-0.4, -0.2) is 10.8 Å². The SMILES string of the molecule is C=C(C)C(=O)C(C)C([O-])=S.[K+]. The third kappa shape index (κ3) is 5.22. The fraction of sp³-hybridized carbons (Fsp3) is 0.429. The molecule has 0 aromatic heterocycles. The molecule has 0 saturated heterocycles. The second-order valence-electron chi connectivity index (χ2n) is 2.19. The van der Waals surface area contributed by atoms with Crippen LogP contribution in [0.4, 0.5) is 0 Å². The summed E-state index contributed by atoms with van der Waals surface area (Å²) in [5.74, 6) is -0.965. The summed E-state index contributed by atoms with van der Waals surface area (Å²) in [6.45, 7) is 6.47.